The van der Waals surface area contributed by atoms with Gasteiger partial charge in [-0.15, -0.1) is 11.6 Å². The van der Waals surface area contributed by atoms with E-state index < -0.39 is 3.79 Å². The van der Waals surface area contributed by atoms with E-state index in [4.69, 9.17) is 51.1 Å². The highest BCUT2D eigenvalue weighted by Crippen LogP contribution is 2.41. The highest BCUT2D eigenvalue weighted by molar-refractivity contribution is 6.67. The van der Waals surface area contributed by atoms with Crippen molar-refractivity contribution in [2.45, 2.75) is 35.9 Å². The van der Waals surface area contributed by atoms with E-state index in [-0.39, 0.29) is 10.8 Å². The summed E-state index contributed by atoms with van der Waals surface area (Å²) >= 11 is 23.5. The summed E-state index contributed by atoms with van der Waals surface area (Å²) in [6.45, 7) is 5.42. The van der Waals surface area contributed by atoms with Crippen molar-refractivity contribution in [3.8, 4) is 0 Å². The number of alkyl halides is 4. The van der Waals surface area contributed by atoms with Crippen LogP contribution in [0.1, 0.15) is 26.7 Å². The molecule has 0 saturated carbocycles. The normalized spacial score (nSPS) is 19.2. The first-order valence-electron chi connectivity index (χ1n) is 5.08. The quantitative estimate of drug-likeness (QED) is 0.713. The van der Waals surface area contributed by atoms with Gasteiger partial charge in [0.05, 0.1) is 6.54 Å². The van der Waals surface area contributed by atoms with Crippen molar-refractivity contribution in [2.75, 3.05) is 13.2 Å². The van der Waals surface area contributed by atoms with Gasteiger partial charge in [0, 0.05) is 18.2 Å². The third-order valence-corrected chi connectivity index (χ3v) is 3.72. The van der Waals surface area contributed by atoms with E-state index in [0.717, 1.165) is 12.4 Å². The van der Waals surface area contributed by atoms with Crippen LogP contribution in [0.15, 0.2) is 4.99 Å². The highest BCUT2D eigenvalue weighted by Gasteiger charge is 2.36. The average Bonchev–Trinajstić information content (AvgIpc) is 2.52. The molecule has 94 valence electrons. The molecule has 1 unspecified atom stereocenters. The molecule has 0 aromatic rings. The van der Waals surface area contributed by atoms with Crippen LogP contribution in [0.25, 0.3) is 0 Å². The Morgan fingerprint density at radius 2 is 2.00 bits per heavy atom. The molecule has 16 heavy (non-hydrogen) atoms. The Bertz CT molecular complexity index is 272. The number of hydrogen-bond donors (Lipinski definition) is 0. The molecule has 0 aromatic carbocycles. The molecule has 0 spiro atoms. The minimum atomic E-state index is -1.32. The first-order valence-corrected chi connectivity index (χ1v) is 6.65. The van der Waals surface area contributed by atoms with E-state index >= 15 is 0 Å². The molecule has 0 amide bonds. The van der Waals surface area contributed by atoms with Crippen LogP contribution in [0.5, 0.6) is 0 Å². The van der Waals surface area contributed by atoms with Crippen molar-refractivity contribution in [2.24, 2.45) is 10.4 Å². The molecular formula is C10H15Cl4NO. The molecule has 2 nitrogen and oxygen atoms in total. The van der Waals surface area contributed by atoms with Gasteiger partial charge in [-0.1, -0.05) is 48.7 Å². The van der Waals surface area contributed by atoms with Crippen molar-refractivity contribution in [3.05, 3.63) is 0 Å². The molecule has 1 aliphatic heterocycles. The molecule has 0 radical (unpaired) electrons. The van der Waals surface area contributed by atoms with Gasteiger partial charge in [0.15, 0.2) is 9.69 Å². The van der Waals surface area contributed by atoms with Crippen LogP contribution in [0.4, 0.5) is 0 Å². The lowest BCUT2D eigenvalue weighted by Crippen LogP contribution is -2.31. The largest absolute Gasteiger partial charge is 0.479 e. The summed E-state index contributed by atoms with van der Waals surface area (Å²) in [6, 6.07) is 0. The molecule has 0 bridgehead atoms. The molecule has 0 N–H and O–H groups in total. The van der Waals surface area contributed by atoms with E-state index in [0.29, 0.717) is 19.4 Å². The Morgan fingerprint density at radius 1 is 1.38 bits per heavy atom. The van der Waals surface area contributed by atoms with E-state index in [9.17, 15) is 0 Å². The molecule has 1 heterocycles. The van der Waals surface area contributed by atoms with Gasteiger partial charge in [0.2, 0.25) is 0 Å². The highest BCUT2D eigenvalue weighted by atomic mass is 35.6. The predicted molar refractivity (Wildman–Crippen MR) is 71.2 cm³/mol. The maximum atomic E-state index is 6.27. The van der Waals surface area contributed by atoms with Gasteiger partial charge in [0.25, 0.3) is 0 Å². The van der Waals surface area contributed by atoms with Crippen LogP contribution in [0.3, 0.4) is 0 Å². The molecule has 6 heteroatoms. The van der Waals surface area contributed by atoms with Crippen LogP contribution in [-0.4, -0.2) is 28.2 Å². The Morgan fingerprint density at radius 3 is 2.44 bits per heavy atom. The van der Waals surface area contributed by atoms with E-state index in [1.165, 1.54) is 0 Å². The summed E-state index contributed by atoms with van der Waals surface area (Å²) in [5.41, 5.74) is -0.214. The van der Waals surface area contributed by atoms with Crippen LogP contribution in [0, 0.1) is 5.41 Å². The maximum Gasteiger partial charge on any atom is 0.192 e. The van der Waals surface area contributed by atoms with Crippen LogP contribution in [0.2, 0.25) is 0 Å². The van der Waals surface area contributed by atoms with Gasteiger partial charge in [0.1, 0.15) is 6.61 Å². The predicted octanol–water partition coefficient (Wildman–Crippen LogP) is 4.20. The van der Waals surface area contributed by atoms with Gasteiger partial charge in [-0.25, -0.2) is 0 Å². The van der Waals surface area contributed by atoms with Crippen LogP contribution >= 0.6 is 46.4 Å². The fraction of sp³-hybridized carbons (Fsp3) is 0.900. The fourth-order valence-corrected chi connectivity index (χ4v) is 2.47. The zero-order chi connectivity index (χ0) is 12.4. The summed E-state index contributed by atoms with van der Waals surface area (Å²) in [5, 5.41) is -0.244. The van der Waals surface area contributed by atoms with Gasteiger partial charge in [-0.2, -0.15) is 0 Å². The average molecular weight is 307 g/mol. The Labute approximate surface area is 116 Å². The monoisotopic (exact) mass is 305 g/mol. The zero-order valence-electron chi connectivity index (χ0n) is 9.27. The minimum absolute atomic E-state index is 0.214. The standard InChI is InChI=1S/C10H15Cl4NO/c1-9(2,6-8-15-3-4-16-8)7(11)5-10(12,13)14/h7H,3-6H2,1-2H3. The number of hydrogen-bond acceptors (Lipinski definition) is 2. The van der Waals surface area contributed by atoms with Gasteiger partial charge in [-0.05, 0) is 5.41 Å². The number of rotatable bonds is 4. The Kier molecular flexibility index (Phi) is 5.06. The summed E-state index contributed by atoms with van der Waals surface area (Å²) in [4.78, 5) is 4.24. The summed E-state index contributed by atoms with van der Waals surface area (Å²) in [6.07, 6.45) is 0.974. The molecule has 1 atom stereocenters. The first kappa shape index (κ1) is 14.7. The minimum Gasteiger partial charge on any atom is -0.479 e. The molecule has 0 saturated heterocycles. The summed E-state index contributed by atoms with van der Waals surface area (Å²) in [7, 11) is 0. The molecule has 1 aliphatic rings. The van der Waals surface area contributed by atoms with Crippen LogP contribution in [-0.2, 0) is 4.74 Å². The van der Waals surface area contributed by atoms with Crippen molar-refractivity contribution in [3.63, 3.8) is 0 Å². The van der Waals surface area contributed by atoms with Gasteiger partial charge in [-0.3, -0.25) is 4.99 Å². The van der Waals surface area contributed by atoms with Gasteiger partial charge < -0.3 is 4.74 Å². The molecule has 1 rings (SSSR count). The third-order valence-electron chi connectivity index (χ3n) is 2.51. The summed E-state index contributed by atoms with van der Waals surface area (Å²) in [5.74, 6) is 0.750. The molecule has 0 aromatic heterocycles. The second-order valence-electron chi connectivity index (χ2n) is 4.58. The second-order valence-corrected chi connectivity index (χ2v) is 7.62. The fourth-order valence-electron chi connectivity index (χ4n) is 1.47. The zero-order valence-corrected chi connectivity index (χ0v) is 12.3. The lowest BCUT2D eigenvalue weighted by atomic mass is 9.84. The van der Waals surface area contributed by atoms with Gasteiger partial charge >= 0.3 is 0 Å². The number of aliphatic imine (C=N–C) groups is 1. The topological polar surface area (TPSA) is 21.6 Å². The number of nitrogens with zero attached hydrogens (tertiary/aromatic N) is 1. The molecular weight excluding hydrogens is 292 g/mol. The number of halogens is 4. The lowest BCUT2D eigenvalue weighted by molar-refractivity contribution is 0.289. The SMILES string of the molecule is CC(C)(CC1=NCCO1)C(Cl)CC(Cl)(Cl)Cl. The van der Waals surface area contributed by atoms with Crippen molar-refractivity contribution in [1.82, 2.24) is 0 Å². The van der Waals surface area contributed by atoms with E-state index in [1.54, 1.807) is 0 Å². The maximum absolute atomic E-state index is 6.27. The Hall–Kier alpha value is 0.630. The second kappa shape index (κ2) is 5.51. The summed E-state index contributed by atoms with van der Waals surface area (Å²) < 4.78 is 4.04. The molecule has 0 aliphatic carbocycles. The van der Waals surface area contributed by atoms with Crippen molar-refractivity contribution >= 4 is 52.3 Å². The van der Waals surface area contributed by atoms with E-state index in [1.807, 2.05) is 13.8 Å². The van der Waals surface area contributed by atoms with E-state index in [2.05, 4.69) is 4.99 Å². The lowest BCUT2D eigenvalue weighted by Gasteiger charge is -2.31. The van der Waals surface area contributed by atoms with Crippen molar-refractivity contribution < 1.29 is 4.74 Å². The number of ether oxygens (including phenoxy) is 1. The smallest absolute Gasteiger partial charge is 0.192 e. The molecule has 0 fully saturated rings. The third kappa shape index (κ3) is 4.87. The van der Waals surface area contributed by atoms with Crippen molar-refractivity contribution in [1.29, 1.82) is 0 Å². The Balaban J connectivity index is 2.54. The first-order chi connectivity index (χ1) is 7.21. The van der Waals surface area contributed by atoms with Crippen LogP contribution < -0.4 is 0 Å².